The van der Waals surface area contributed by atoms with Gasteiger partial charge in [-0.1, -0.05) is 26.0 Å². The van der Waals surface area contributed by atoms with Crippen molar-refractivity contribution in [1.29, 1.82) is 0 Å². The molecule has 0 radical (unpaired) electrons. The molecule has 0 fully saturated rings. The molecule has 0 atom stereocenters. The van der Waals surface area contributed by atoms with Crippen LogP contribution in [0.5, 0.6) is 0 Å². The van der Waals surface area contributed by atoms with E-state index in [4.69, 9.17) is 0 Å². The first-order valence-corrected chi connectivity index (χ1v) is 7.72. The van der Waals surface area contributed by atoms with Crippen LogP contribution in [0.3, 0.4) is 0 Å². The molecular formula is C17H19N5O2. The molecule has 0 saturated heterocycles. The summed E-state index contributed by atoms with van der Waals surface area (Å²) in [6.07, 6.45) is 2.87. The highest BCUT2D eigenvalue weighted by molar-refractivity contribution is 5.91. The third-order valence-corrected chi connectivity index (χ3v) is 3.87. The maximum absolute atomic E-state index is 12.2. The van der Waals surface area contributed by atoms with Crippen molar-refractivity contribution in [2.75, 3.05) is 5.32 Å². The van der Waals surface area contributed by atoms with Crippen LogP contribution in [-0.2, 0) is 18.4 Å². The Morgan fingerprint density at radius 2 is 1.83 bits per heavy atom. The minimum atomic E-state index is -0.230. The van der Waals surface area contributed by atoms with Crippen LogP contribution in [0.1, 0.15) is 25.3 Å². The molecule has 0 aliphatic heterocycles. The number of aromatic nitrogens is 4. The van der Waals surface area contributed by atoms with Gasteiger partial charge in [0.1, 0.15) is 6.54 Å². The number of nitrogens with zero attached hydrogens (tertiary/aromatic N) is 4. The van der Waals surface area contributed by atoms with Gasteiger partial charge in [-0.25, -0.2) is 9.97 Å². The Labute approximate surface area is 139 Å². The van der Waals surface area contributed by atoms with Crippen molar-refractivity contribution in [3.05, 3.63) is 52.8 Å². The van der Waals surface area contributed by atoms with Gasteiger partial charge >= 0.3 is 0 Å². The fourth-order valence-corrected chi connectivity index (χ4v) is 2.47. The second kappa shape index (κ2) is 6.27. The molecule has 0 spiro atoms. The van der Waals surface area contributed by atoms with Crippen LogP contribution in [-0.4, -0.2) is 25.0 Å². The van der Waals surface area contributed by atoms with E-state index in [1.165, 1.54) is 27.4 Å². The van der Waals surface area contributed by atoms with Crippen molar-refractivity contribution in [1.82, 2.24) is 19.1 Å². The minimum absolute atomic E-state index is 0.00334. The summed E-state index contributed by atoms with van der Waals surface area (Å²) in [7, 11) is 1.61. The molecule has 24 heavy (non-hydrogen) atoms. The van der Waals surface area contributed by atoms with Crippen molar-refractivity contribution in [3.63, 3.8) is 0 Å². The van der Waals surface area contributed by atoms with Gasteiger partial charge in [0.15, 0.2) is 11.2 Å². The van der Waals surface area contributed by atoms with Crippen molar-refractivity contribution >= 4 is 22.8 Å². The van der Waals surface area contributed by atoms with Crippen molar-refractivity contribution in [2.24, 2.45) is 7.05 Å². The number of benzene rings is 1. The van der Waals surface area contributed by atoms with Crippen LogP contribution >= 0.6 is 0 Å². The predicted molar refractivity (Wildman–Crippen MR) is 91.9 cm³/mol. The molecule has 3 rings (SSSR count). The second-order valence-electron chi connectivity index (χ2n) is 6.03. The number of hydrogen-bond donors (Lipinski definition) is 1. The van der Waals surface area contributed by atoms with Gasteiger partial charge in [0.25, 0.3) is 5.56 Å². The topological polar surface area (TPSA) is 81.8 Å². The van der Waals surface area contributed by atoms with Gasteiger partial charge in [0, 0.05) is 12.7 Å². The lowest BCUT2D eigenvalue weighted by Crippen LogP contribution is -2.23. The standard InChI is InChI=1S/C17H19N5O2/c1-11(2)12-4-6-13(7-5-12)20-14(23)8-22-10-19-16-15(22)17(24)21(3)9-18-16/h4-7,9-11H,8H2,1-3H3,(H,20,23). The van der Waals surface area contributed by atoms with Crippen molar-refractivity contribution in [3.8, 4) is 0 Å². The summed E-state index contributed by atoms with van der Waals surface area (Å²) >= 11 is 0. The normalized spacial score (nSPS) is 11.2. The summed E-state index contributed by atoms with van der Waals surface area (Å²) < 4.78 is 2.88. The minimum Gasteiger partial charge on any atom is -0.325 e. The number of aryl methyl sites for hydroxylation is 1. The van der Waals surface area contributed by atoms with Crippen LogP contribution in [0.25, 0.3) is 11.2 Å². The van der Waals surface area contributed by atoms with Crippen LogP contribution < -0.4 is 10.9 Å². The summed E-state index contributed by atoms with van der Waals surface area (Å²) in [6.45, 7) is 4.24. The van der Waals surface area contributed by atoms with Gasteiger partial charge in [-0.15, -0.1) is 0 Å². The molecule has 0 saturated carbocycles. The number of fused-ring (bicyclic) bond motifs is 1. The maximum atomic E-state index is 12.2. The first-order chi connectivity index (χ1) is 11.5. The van der Waals surface area contributed by atoms with E-state index in [9.17, 15) is 9.59 Å². The van der Waals surface area contributed by atoms with Crippen LogP contribution in [0, 0.1) is 0 Å². The van der Waals surface area contributed by atoms with E-state index < -0.39 is 0 Å². The van der Waals surface area contributed by atoms with Gasteiger partial charge in [-0.2, -0.15) is 0 Å². The van der Waals surface area contributed by atoms with Crippen molar-refractivity contribution < 1.29 is 4.79 Å². The number of anilines is 1. The highest BCUT2D eigenvalue weighted by Gasteiger charge is 2.12. The Bertz CT molecular complexity index is 938. The molecule has 0 aliphatic carbocycles. The van der Waals surface area contributed by atoms with E-state index in [1.807, 2.05) is 24.3 Å². The van der Waals surface area contributed by atoms with Crippen LogP contribution in [0.15, 0.2) is 41.7 Å². The number of nitrogens with one attached hydrogen (secondary N) is 1. The molecule has 1 amide bonds. The molecule has 3 aromatic rings. The van der Waals surface area contributed by atoms with Gasteiger partial charge in [0.2, 0.25) is 5.91 Å². The van der Waals surface area contributed by atoms with E-state index in [-0.39, 0.29) is 18.0 Å². The molecule has 2 aromatic heterocycles. The number of carbonyl (C=O) groups excluding carboxylic acids is 1. The fourth-order valence-electron chi connectivity index (χ4n) is 2.47. The molecule has 0 unspecified atom stereocenters. The zero-order chi connectivity index (χ0) is 17.3. The monoisotopic (exact) mass is 325 g/mol. The van der Waals surface area contributed by atoms with E-state index >= 15 is 0 Å². The summed E-state index contributed by atoms with van der Waals surface area (Å²) in [5, 5.41) is 2.83. The third kappa shape index (κ3) is 3.05. The molecular weight excluding hydrogens is 306 g/mol. The summed E-state index contributed by atoms with van der Waals surface area (Å²) in [5.74, 6) is 0.216. The SMILES string of the molecule is CC(C)c1ccc(NC(=O)Cn2cnc3ncn(C)c(=O)c32)cc1. The summed E-state index contributed by atoms with van der Waals surface area (Å²) in [6, 6.07) is 7.73. The zero-order valence-corrected chi connectivity index (χ0v) is 13.9. The lowest BCUT2D eigenvalue weighted by molar-refractivity contribution is -0.116. The quantitative estimate of drug-likeness (QED) is 0.794. The molecule has 1 N–H and O–H groups in total. The average Bonchev–Trinajstić information content (AvgIpc) is 2.95. The van der Waals surface area contributed by atoms with Crippen molar-refractivity contribution in [2.45, 2.75) is 26.3 Å². The lowest BCUT2D eigenvalue weighted by Gasteiger charge is -2.09. The van der Waals surface area contributed by atoms with Gasteiger partial charge in [-0.3, -0.25) is 9.59 Å². The third-order valence-electron chi connectivity index (χ3n) is 3.87. The highest BCUT2D eigenvalue weighted by Crippen LogP contribution is 2.17. The molecule has 7 nitrogen and oxygen atoms in total. The molecule has 2 heterocycles. The van der Waals surface area contributed by atoms with Gasteiger partial charge in [-0.05, 0) is 23.6 Å². The molecule has 1 aromatic carbocycles. The first kappa shape index (κ1) is 15.9. The van der Waals surface area contributed by atoms with E-state index in [2.05, 4.69) is 29.1 Å². The largest absolute Gasteiger partial charge is 0.325 e. The zero-order valence-electron chi connectivity index (χ0n) is 13.9. The maximum Gasteiger partial charge on any atom is 0.279 e. The van der Waals surface area contributed by atoms with Gasteiger partial charge < -0.3 is 14.5 Å². The van der Waals surface area contributed by atoms with Crippen LogP contribution in [0.4, 0.5) is 5.69 Å². The highest BCUT2D eigenvalue weighted by atomic mass is 16.2. The predicted octanol–water partition coefficient (Wildman–Crippen LogP) is 1.89. The van der Waals surface area contributed by atoms with Crippen LogP contribution in [0.2, 0.25) is 0 Å². The molecule has 124 valence electrons. The van der Waals surface area contributed by atoms with E-state index in [0.717, 1.165) is 5.69 Å². The number of rotatable bonds is 4. The number of imidazole rings is 1. The Kier molecular flexibility index (Phi) is 4.16. The molecule has 0 aliphatic rings. The Morgan fingerprint density at radius 3 is 2.50 bits per heavy atom. The molecule has 7 heteroatoms. The summed E-state index contributed by atoms with van der Waals surface area (Å²) in [5.41, 5.74) is 2.37. The Morgan fingerprint density at radius 1 is 1.17 bits per heavy atom. The second-order valence-corrected chi connectivity index (χ2v) is 6.03. The van der Waals surface area contributed by atoms with Gasteiger partial charge in [0.05, 0.1) is 12.7 Å². The first-order valence-electron chi connectivity index (χ1n) is 7.72. The Hall–Kier alpha value is -2.96. The average molecular weight is 325 g/mol. The lowest BCUT2D eigenvalue weighted by atomic mass is 10.0. The van der Waals surface area contributed by atoms with E-state index in [1.54, 1.807) is 7.05 Å². The molecule has 0 bridgehead atoms. The number of carbonyl (C=O) groups is 1. The number of amides is 1. The van der Waals surface area contributed by atoms with E-state index in [0.29, 0.717) is 17.1 Å². The smallest absolute Gasteiger partial charge is 0.279 e. The number of hydrogen-bond acceptors (Lipinski definition) is 4. The summed E-state index contributed by atoms with van der Waals surface area (Å²) in [4.78, 5) is 32.6. The fraction of sp³-hybridized carbons (Fsp3) is 0.294. The Balaban J connectivity index is 1.78.